The zero-order chi connectivity index (χ0) is 21.4. The number of hydrogen-bond donors (Lipinski definition) is 1. The van der Waals surface area contributed by atoms with Gasteiger partial charge in [0.05, 0.1) is 31.6 Å². The van der Waals surface area contributed by atoms with Crippen molar-refractivity contribution in [1.82, 2.24) is 5.32 Å². The maximum atomic E-state index is 13.4. The number of hydrogen-bond acceptors (Lipinski definition) is 4. The fourth-order valence-electron chi connectivity index (χ4n) is 5.06. The van der Waals surface area contributed by atoms with E-state index in [1.54, 1.807) is 12.0 Å². The van der Waals surface area contributed by atoms with Crippen molar-refractivity contribution in [3.63, 3.8) is 0 Å². The lowest BCUT2D eigenvalue weighted by atomic mass is 9.77. The van der Waals surface area contributed by atoms with Crippen molar-refractivity contribution in [3.05, 3.63) is 72.3 Å². The Hall–Kier alpha value is -3.12. The predicted octanol–water partition coefficient (Wildman–Crippen LogP) is 2.73. The SMILES string of the molecule is COc1cccc(N2C[C@]34C=C[C@@H](O3)[C@@H](C(=O)NCCCc3ccccc3)[C@H]4C2=O)c1. The van der Waals surface area contributed by atoms with E-state index in [2.05, 4.69) is 17.4 Å². The normalized spacial score (nSPS) is 28.1. The molecule has 3 aliphatic heterocycles. The van der Waals surface area contributed by atoms with Crippen LogP contribution in [0.3, 0.4) is 0 Å². The minimum atomic E-state index is -0.725. The summed E-state index contributed by atoms with van der Waals surface area (Å²) in [5, 5.41) is 3.04. The fraction of sp³-hybridized carbons (Fsp3) is 0.360. The zero-order valence-corrected chi connectivity index (χ0v) is 17.5. The van der Waals surface area contributed by atoms with Gasteiger partial charge in [-0.2, -0.15) is 0 Å². The Balaban J connectivity index is 1.27. The van der Waals surface area contributed by atoms with Gasteiger partial charge in [-0.3, -0.25) is 9.59 Å². The van der Waals surface area contributed by atoms with Crippen LogP contribution in [0.5, 0.6) is 5.75 Å². The van der Waals surface area contributed by atoms with Gasteiger partial charge in [0.1, 0.15) is 11.4 Å². The number of rotatable bonds is 7. The van der Waals surface area contributed by atoms with E-state index in [9.17, 15) is 9.59 Å². The Bertz CT molecular complexity index is 1020. The van der Waals surface area contributed by atoms with Crippen LogP contribution in [0.2, 0.25) is 0 Å². The maximum Gasteiger partial charge on any atom is 0.234 e. The van der Waals surface area contributed by atoms with Gasteiger partial charge in [-0.1, -0.05) is 48.6 Å². The van der Waals surface area contributed by atoms with Crippen LogP contribution < -0.4 is 15.0 Å². The summed E-state index contributed by atoms with van der Waals surface area (Å²) in [7, 11) is 1.60. The minimum Gasteiger partial charge on any atom is -0.497 e. The first-order valence-electron chi connectivity index (χ1n) is 10.8. The molecule has 0 aromatic heterocycles. The van der Waals surface area contributed by atoms with Crippen molar-refractivity contribution in [3.8, 4) is 5.75 Å². The van der Waals surface area contributed by atoms with E-state index in [0.717, 1.165) is 18.5 Å². The van der Waals surface area contributed by atoms with Crippen LogP contribution in [-0.2, 0) is 20.7 Å². The summed E-state index contributed by atoms with van der Waals surface area (Å²) in [6.07, 6.45) is 5.33. The molecular weight excluding hydrogens is 392 g/mol. The molecule has 6 heteroatoms. The van der Waals surface area contributed by atoms with Crippen molar-refractivity contribution in [2.45, 2.75) is 24.5 Å². The molecule has 1 N–H and O–H groups in total. The first-order valence-corrected chi connectivity index (χ1v) is 10.8. The molecule has 3 aliphatic rings. The zero-order valence-electron chi connectivity index (χ0n) is 17.5. The molecular formula is C25H26N2O4. The molecule has 2 bridgehead atoms. The molecule has 31 heavy (non-hydrogen) atoms. The van der Waals surface area contributed by atoms with E-state index in [-0.39, 0.29) is 17.9 Å². The van der Waals surface area contributed by atoms with Gasteiger partial charge in [-0.25, -0.2) is 0 Å². The lowest BCUT2D eigenvalue weighted by Gasteiger charge is -2.23. The number of methoxy groups -OCH3 is 1. The summed E-state index contributed by atoms with van der Waals surface area (Å²) >= 11 is 0. The molecule has 6 nitrogen and oxygen atoms in total. The number of carbonyl (C=O) groups is 2. The molecule has 2 fully saturated rings. The molecule has 160 valence electrons. The smallest absolute Gasteiger partial charge is 0.234 e. The molecule has 2 amide bonds. The first kappa shape index (κ1) is 19.8. The molecule has 2 aromatic rings. The van der Waals surface area contributed by atoms with E-state index in [1.165, 1.54) is 5.56 Å². The van der Waals surface area contributed by atoms with Crippen molar-refractivity contribution in [1.29, 1.82) is 0 Å². The lowest BCUT2D eigenvalue weighted by molar-refractivity contribution is -0.131. The van der Waals surface area contributed by atoms with E-state index in [0.29, 0.717) is 18.8 Å². The third-order valence-electron chi connectivity index (χ3n) is 6.55. The van der Waals surface area contributed by atoms with Crippen molar-refractivity contribution >= 4 is 17.5 Å². The summed E-state index contributed by atoms with van der Waals surface area (Å²) in [5.41, 5.74) is 1.29. The first-order chi connectivity index (χ1) is 15.1. The quantitative estimate of drug-likeness (QED) is 0.555. The van der Waals surface area contributed by atoms with E-state index >= 15 is 0 Å². The molecule has 5 rings (SSSR count). The van der Waals surface area contributed by atoms with E-state index in [1.807, 2.05) is 54.6 Å². The van der Waals surface area contributed by atoms with Crippen LogP contribution in [0.25, 0.3) is 0 Å². The average molecular weight is 418 g/mol. The van der Waals surface area contributed by atoms with E-state index in [4.69, 9.17) is 9.47 Å². The predicted molar refractivity (Wildman–Crippen MR) is 117 cm³/mol. The van der Waals surface area contributed by atoms with Gasteiger partial charge in [-0.15, -0.1) is 0 Å². The molecule has 3 heterocycles. The van der Waals surface area contributed by atoms with Gasteiger partial charge < -0.3 is 19.7 Å². The second-order valence-electron chi connectivity index (χ2n) is 8.41. The Morgan fingerprint density at radius 3 is 2.87 bits per heavy atom. The van der Waals surface area contributed by atoms with Gasteiger partial charge in [0, 0.05) is 18.3 Å². The number of carbonyl (C=O) groups excluding carboxylic acids is 2. The second-order valence-corrected chi connectivity index (χ2v) is 8.41. The van der Waals surface area contributed by atoms with Gasteiger partial charge in [-0.05, 0) is 30.5 Å². The summed E-state index contributed by atoms with van der Waals surface area (Å²) in [4.78, 5) is 28.2. The Morgan fingerprint density at radius 1 is 1.23 bits per heavy atom. The highest BCUT2D eigenvalue weighted by molar-refractivity contribution is 6.03. The standard InChI is InChI=1S/C25H26N2O4/c1-30-19-11-5-10-18(15-19)27-16-25-13-12-20(31-25)21(22(25)24(27)29)23(28)26-14-6-9-17-7-3-2-4-8-17/h2-5,7-8,10-13,15,20-22H,6,9,14,16H2,1H3,(H,26,28)/t20-,21-,22+,25+/m1/s1. The van der Waals surface area contributed by atoms with Gasteiger partial charge >= 0.3 is 0 Å². The molecule has 2 aromatic carbocycles. The monoisotopic (exact) mass is 418 g/mol. The number of nitrogens with one attached hydrogen (secondary N) is 1. The van der Waals surface area contributed by atoms with Crippen LogP contribution in [0.1, 0.15) is 12.0 Å². The number of amides is 2. The number of fused-ring (bicyclic) bond motifs is 1. The molecule has 0 aliphatic carbocycles. The minimum absolute atomic E-state index is 0.0652. The van der Waals surface area contributed by atoms with Gasteiger partial charge in [0.2, 0.25) is 11.8 Å². The van der Waals surface area contributed by atoms with Crippen LogP contribution in [-0.4, -0.2) is 43.7 Å². The van der Waals surface area contributed by atoms with Gasteiger partial charge in [0.25, 0.3) is 0 Å². The molecule has 0 unspecified atom stereocenters. The van der Waals surface area contributed by atoms with Gasteiger partial charge in [0.15, 0.2) is 0 Å². The van der Waals surface area contributed by atoms with E-state index < -0.39 is 17.4 Å². The maximum absolute atomic E-state index is 13.4. The summed E-state index contributed by atoms with van der Waals surface area (Å²) in [6.45, 7) is 0.989. The highest BCUT2D eigenvalue weighted by atomic mass is 16.5. The number of aryl methyl sites for hydroxylation is 1. The lowest BCUT2D eigenvalue weighted by Crippen LogP contribution is -2.44. The summed E-state index contributed by atoms with van der Waals surface area (Å²) in [5.74, 6) is -0.472. The molecule has 4 atom stereocenters. The van der Waals surface area contributed by atoms with Crippen molar-refractivity contribution in [2.75, 3.05) is 25.1 Å². The molecule has 2 saturated heterocycles. The Labute approximate surface area is 181 Å². The Kier molecular flexibility index (Phi) is 5.02. The van der Waals surface area contributed by atoms with Crippen LogP contribution in [0.4, 0.5) is 5.69 Å². The highest BCUT2D eigenvalue weighted by Crippen LogP contribution is 2.52. The summed E-state index contributed by atoms with van der Waals surface area (Å²) < 4.78 is 11.5. The van der Waals surface area contributed by atoms with Crippen LogP contribution in [0, 0.1) is 11.8 Å². The third kappa shape index (κ3) is 3.41. The number of nitrogens with zero attached hydrogens (tertiary/aromatic N) is 1. The average Bonchev–Trinajstić information content (AvgIpc) is 3.45. The topological polar surface area (TPSA) is 67.9 Å². The number of benzene rings is 2. The molecule has 0 radical (unpaired) electrons. The number of ether oxygens (including phenoxy) is 2. The molecule has 0 saturated carbocycles. The molecule has 1 spiro atoms. The Morgan fingerprint density at radius 2 is 2.06 bits per heavy atom. The fourth-order valence-corrected chi connectivity index (χ4v) is 5.06. The van der Waals surface area contributed by atoms with Crippen LogP contribution >= 0.6 is 0 Å². The third-order valence-corrected chi connectivity index (χ3v) is 6.55. The number of anilines is 1. The van der Waals surface area contributed by atoms with Crippen molar-refractivity contribution < 1.29 is 19.1 Å². The van der Waals surface area contributed by atoms with Crippen LogP contribution in [0.15, 0.2) is 66.7 Å². The highest BCUT2D eigenvalue weighted by Gasteiger charge is 2.67. The largest absolute Gasteiger partial charge is 0.497 e. The second kappa shape index (κ2) is 7.85. The summed E-state index contributed by atoms with van der Waals surface area (Å²) in [6, 6.07) is 17.6. The van der Waals surface area contributed by atoms with Crippen molar-refractivity contribution in [2.24, 2.45) is 11.8 Å².